The number of hydrogen-bond donors (Lipinski definition) is 1. The lowest BCUT2D eigenvalue weighted by atomic mass is 9.95. The predicted molar refractivity (Wildman–Crippen MR) is 49.0 cm³/mol. The molecular formula is C10H9F4NO. The summed E-state index contributed by atoms with van der Waals surface area (Å²) in [5.74, 6) is -3.14. The first kappa shape index (κ1) is 12.5. The molecule has 1 unspecified atom stereocenters. The van der Waals surface area contributed by atoms with Crippen molar-refractivity contribution >= 4 is 5.91 Å². The fourth-order valence-corrected chi connectivity index (χ4v) is 1.31. The Morgan fingerprint density at radius 1 is 1.25 bits per heavy atom. The van der Waals surface area contributed by atoms with Gasteiger partial charge >= 0.3 is 6.18 Å². The number of rotatable bonds is 3. The van der Waals surface area contributed by atoms with Crippen molar-refractivity contribution in [3.05, 3.63) is 35.6 Å². The molecule has 0 aliphatic carbocycles. The van der Waals surface area contributed by atoms with Crippen LogP contribution in [0.2, 0.25) is 0 Å². The average Bonchev–Trinajstić information content (AvgIpc) is 2.14. The van der Waals surface area contributed by atoms with Gasteiger partial charge < -0.3 is 5.73 Å². The van der Waals surface area contributed by atoms with Crippen LogP contribution in [-0.4, -0.2) is 12.1 Å². The number of carbonyl (C=O) groups excluding carboxylic acids is 1. The van der Waals surface area contributed by atoms with Gasteiger partial charge in [0, 0.05) is 0 Å². The molecule has 2 N–H and O–H groups in total. The number of primary amides is 1. The predicted octanol–water partition coefficient (Wildman–Crippen LogP) is 2.35. The van der Waals surface area contributed by atoms with E-state index in [0.29, 0.717) is 0 Å². The third-order valence-electron chi connectivity index (χ3n) is 2.05. The molecule has 0 saturated heterocycles. The topological polar surface area (TPSA) is 43.1 Å². The van der Waals surface area contributed by atoms with E-state index in [0.717, 1.165) is 24.3 Å². The summed E-state index contributed by atoms with van der Waals surface area (Å²) in [5, 5.41) is 0. The molecule has 0 aromatic heterocycles. The van der Waals surface area contributed by atoms with Crippen LogP contribution in [0.4, 0.5) is 17.6 Å². The maximum Gasteiger partial charge on any atom is 0.390 e. The van der Waals surface area contributed by atoms with Gasteiger partial charge in [0.1, 0.15) is 5.82 Å². The fourth-order valence-electron chi connectivity index (χ4n) is 1.31. The minimum Gasteiger partial charge on any atom is -0.369 e. The summed E-state index contributed by atoms with van der Waals surface area (Å²) in [4.78, 5) is 10.9. The van der Waals surface area contributed by atoms with Crippen molar-refractivity contribution in [3.63, 3.8) is 0 Å². The minimum atomic E-state index is -4.49. The molecule has 6 heteroatoms. The largest absolute Gasteiger partial charge is 0.390 e. The average molecular weight is 235 g/mol. The Bertz CT molecular complexity index is 371. The van der Waals surface area contributed by atoms with Crippen LogP contribution in [-0.2, 0) is 4.79 Å². The summed E-state index contributed by atoms with van der Waals surface area (Å²) in [5.41, 5.74) is 4.94. The Morgan fingerprint density at radius 3 is 2.12 bits per heavy atom. The van der Waals surface area contributed by atoms with E-state index in [1.165, 1.54) is 0 Å². The zero-order chi connectivity index (χ0) is 12.3. The van der Waals surface area contributed by atoms with Crippen LogP contribution in [0.5, 0.6) is 0 Å². The van der Waals surface area contributed by atoms with Crippen molar-refractivity contribution in [1.82, 2.24) is 0 Å². The van der Waals surface area contributed by atoms with E-state index < -0.39 is 30.2 Å². The fraction of sp³-hybridized carbons (Fsp3) is 0.300. The molecule has 0 radical (unpaired) electrons. The van der Waals surface area contributed by atoms with Crippen LogP contribution >= 0.6 is 0 Å². The van der Waals surface area contributed by atoms with E-state index in [1.54, 1.807) is 0 Å². The molecule has 0 aliphatic heterocycles. The van der Waals surface area contributed by atoms with Crippen molar-refractivity contribution in [2.24, 2.45) is 5.73 Å². The lowest BCUT2D eigenvalue weighted by Gasteiger charge is -2.15. The Morgan fingerprint density at radius 2 is 1.75 bits per heavy atom. The molecule has 1 atom stereocenters. The van der Waals surface area contributed by atoms with Gasteiger partial charge in [-0.05, 0) is 17.7 Å². The first-order chi connectivity index (χ1) is 7.29. The third kappa shape index (κ3) is 3.52. The highest BCUT2D eigenvalue weighted by molar-refractivity contribution is 5.81. The maximum atomic E-state index is 12.6. The molecule has 1 aromatic rings. The molecule has 1 rings (SSSR count). The van der Waals surface area contributed by atoms with Gasteiger partial charge in [0.2, 0.25) is 5.91 Å². The summed E-state index contributed by atoms with van der Waals surface area (Å²) in [6, 6.07) is 4.22. The van der Waals surface area contributed by atoms with Gasteiger partial charge in [0.25, 0.3) is 0 Å². The smallest absolute Gasteiger partial charge is 0.369 e. The molecule has 0 spiro atoms. The second-order valence-corrected chi connectivity index (χ2v) is 3.33. The van der Waals surface area contributed by atoms with Gasteiger partial charge in [-0.2, -0.15) is 13.2 Å². The number of halogens is 4. The number of amides is 1. The van der Waals surface area contributed by atoms with E-state index >= 15 is 0 Å². The van der Waals surface area contributed by atoms with Gasteiger partial charge in [0.05, 0.1) is 12.3 Å². The molecule has 88 valence electrons. The molecule has 1 amide bonds. The number of hydrogen-bond acceptors (Lipinski definition) is 1. The molecule has 2 nitrogen and oxygen atoms in total. The van der Waals surface area contributed by atoms with E-state index in [-0.39, 0.29) is 5.56 Å². The van der Waals surface area contributed by atoms with E-state index in [9.17, 15) is 22.4 Å². The lowest BCUT2D eigenvalue weighted by molar-refractivity contribution is -0.146. The van der Waals surface area contributed by atoms with Crippen LogP contribution in [0.25, 0.3) is 0 Å². The lowest BCUT2D eigenvalue weighted by Crippen LogP contribution is -2.26. The van der Waals surface area contributed by atoms with Crippen molar-refractivity contribution in [3.8, 4) is 0 Å². The molecule has 0 bridgehead atoms. The number of alkyl halides is 3. The summed E-state index contributed by atoms with van der Waals surface area (Å²) in [6.45, 7) is 0. The van der Waals surface area contributed by atoms with Crippen molar-refractivity contribution < 1.29 is 22.4 Å². The molecule has 1 aromatic carbocycles. The number of carbonyl (C=O) groups is 1. The zero-order valence-electron chi connectivity index (χ0n) is 8.09. The van der Waals surface area contributed by atoms with Crippen LogP contribution in [0.15, 0.2) is 24.3 Å². The van der Waals surface area contributed by atoms with Gasteiger partial charge in [-0.25, -0.2) is 4.39 Å². The maximum absolute atomic E-state index is 12.6. The summed E-state index contributed by atoms with van der Waals surface area (Å²) in [7, 11) is 0. The van der Waals surface area contributed by atoms with Gasteiger partial charge in [-0.15, -0.1) is 0 Å². The monoisotopic (exact) mass is 235 g/mol. The summed E-state index contributed by atoms with van der Waals surface area (Å²) >= 11 is 0. The second kappa shape index (κ2) is 4.51. The molecule has 16 heavy (non-hydrogen) atoms. The van der Waals surface area contributed by atoms with Crippen LogP contribution in [0, 0.1) is 5.82 Å². The Hall–Kier alpha value is -1.59. The normalized spacial score (nSPS) is 13.5. The van der Waals surface area contributed by atoms with Gasteiger partial charge in [-0.3, -0.25) is 4.79 Å². The van der Waals surface area contributed by atoms with Crippen LogP contribution < -0.4 is 5.73 Å². The third-order valence-corrected chi connectivity index (χ3v) is 2.05. The highest BCUT2D eigenvalue weighted by Crippen LogP contribution is 2.30. The quantitative estimate of drug-likeness (QED) is 0.803. The van der Waals surface area contributed by atoms with Crippen molar-refractivity contribution in [2.45, 2.75) is 18.5 Å². The Kier molecular flexibility index (Phi) is 3.51. The highest BCUT2D eigenvalue weighted by Gasteiger charge is 2.35. The van der Waals surface area contributed by atoms with E-state index in [2.05, 4.69) is 0 Å². The summed E-state index contributed by atoms with van der Waals surface area (Å²) < 4.78 is 49.0. The van der Waals surface area contributed by atoms with E-state index in [4.69, 9.17) is 5.73 Å². The zero-order valence-corrected chi connectivity index (χ0v) is 8.09. The van der Waals surface area contributed by atoms with Gasteiger partial charge in [-0.1, -0.05) is 12.1 Å². The summed E-state index contributed by atoms with van der Waals surface area (Å²) in [6.07, 6.45) is -5.83. The van der Waals surface area contributed by atoms with Crippen LogP contribution in [0.3, 0.4) is 0 Å². The first-order valence-electron chi connectivity index (χ1n) is 4.41. The van der Waals surface area contributed by atoms with E-state index in [1.807, 2.05) is 0 Å². The van der Waals surface area contributed by atoms with Gasteiger partial charge in [0.15, 0.2) is 0 Å². The number of nitrogens with two attached hydrogens (primary N) is 1. The Labute approximate surface area is 89.1 Å². The molecule has 0 fully saturated rings. The molecule has 0 heterocycles. The Balaban J connectivity index is 2.94. The first-order valence-corrected chi connectivity index (χ1v) is 4.41. The SMILES string of the molecule is NC(=O)C(CC(F)(F)F)c1ccc(F)cc1. The van der Waals surface area contributed by atoms with Crippen molar-refractivity contribution in [2.75, 3.05) is 0 Å². The van der Waals surface area contributed by atoms with Crippen LogP contribution in [0.1, 0.15) is 17.9 Å². The number of benzene rings is 1. The minimum absolute atomic E-state index is 0.0613. The standard InChI is InChI=1S/C10H9F4NO/c11-7-3-1-6(2-4-7)8(9(15)16)5-10(12,13)14/h1-4,8H,5H2,(H2,15,16). The molecular weight excluding hydrogens is 226 g/mol. The second-order valence-electron chi connectivity index (χ2n) is 3.33. The highest BCUT2D eigenvalue weighted by atomic mass is 19.4. The molecule has 0 aliphatic rings. The van der Waals surface area contributed by atoms with Crippen molar-refractivity contribution in [1.29, 1.82) is 0 Å². The molecule has 0 saturated carbocycles.